The van der Waals surface area contributed by atoms with Crippen LogP contribution >= 0.6 is 0 Å². The van der Waals surface area contributed by atoms with Gasteiger partial charge >= 0.3 is 0 Å². The van der Waals surface area contributed by atoms with Crippen molar-refractivity contribution in [3.05, 3.63) is 42.5 Å². The number of rotatable bonds is 4. The molecule has 130 valence electrons. The summed E-state index contributed by atoms with van der Waals surface area (Å²) >= 11 is 0. The van der Waals surface area contributed by atoms with Crippen molar-refractivity contribution >= 4 is 10.0 Å². The van der Waals surface area contributed by atoms with Gasteiger partial charge in [-0.15, -0.1) is 0 Å². The minimum absolute atomic E-state index is 0.0897. The zero-order valence-corrected chi connectivity index (χ0v) is 15.0. The van der Waals surface area contributed by atoms with Crippen molar-refractivity contribution < 1.29 is 13.2 Å². The van der Waals surface area contributed by atoms with Crippen molar-refractivity contribution in [2.75, 3.05) is 20.2 Å². The second kappa shape index (κ2) is 6.57. The van der Waals surface area contributed by atoms with Crippen LogP contribution in [0.1, 0.15) is 24.9 Å². The Morgan fingerprint density at radius 2 is 2.12 bits per heavy atom. The summed E-state index contributed by atoms with van der Waals surface area (Å²) < 4.78 is 35.2. The first kappa shape index (κ1) is 17.0. The van der Waals surface area contributed by atoms with Gasteiger partial charge in [0.15, 0.2) is 0 Å². The molecule has 0 bridgehead atoms. The van der Waals surface area contributed by atoms with Gasteiger partial charge in [-0.3, -0.25) is 0 Å². The molecule has 0 radical (unpaired) electrons. The second-order valence-corrected chi connectivity index (χ2v) is 8.27. The van der Waals surface area contributed by atoms with Crippen LogP contribution in [0.15, 0.2) is 41.8 Å². The third-order valence-electron chi connectivity index (χ3n) is 4.73. The van der Waals surface area contributed by atoms with Crippen LogP contribution in [0.2, 0.25) is 0 Å². The van der Waals surface area contributed by atoms with Gasteiger partial charge in [0.1, 0.15) is 10.6 Å². The number of methoxy groups -OCH3 is 1. The molecule has 2 atom stereocenters. The Kier molecular flexibility index (Phi) is 4.64. The molecule has 1 aliphatic rings. The van der Waals surface area contributed by atoms with E-state index < -0.39 is 10.0 Å². The maximum absolute atomic E-state index is 13.2. The number of aromatic nitrogens is 2. The van der Waals surface area contributed by atoms with Crippen molar-refractivity contribution in [2.24, 2.45) is 5.92 Å². The number of imidazole rings is 1. The predicted molar refractivity (Wildman–Crippen MR) is 91.5 cm³/mol. The lowest BCUT2D eigenvalue weighted by atomic mass is 9.95. The lowest BCUT2D eigenvalue weighted by Crippen LogP contribution is -2.43. The van der Waals surface area contributed by atoms with Crippen LogP contribution < -0.4 is 4.74 Å². The third kappa shape index (κ3) is 3.06. The minimum Gasteiger partial charge on any atom is -0.495 e. The highest BCUT2D eigenvalue weighted by atomic mass is 32.2. The molecule has 24 heavy (non-hydrogen) atoms. The maximum Gasteiger partial charge on any atom is 0.246 e. The summed E-state index contributed by atoms with van der Waals surface area (Å²) in [6.07, 6.45) is 6.19. The molecule has 0 N–H and O–H groups in total. The van der Waals surface area contributed by atoms with Gasteiger partial charge in [-0.2, -0.15) is 4.31 Å². The highest BCUT2D eigenvalue weighted by Crippen LogP contribution is 2.34. The number of benzene rings is 1. The average molecular weight is 349 g/mol. The highest BCUT2D eigenvalue weighted by molar-refractivity contribution is 7.89. The van der Waals surface area contributed by atoms with Crippen LogP contribution in [-0.2, 0) is 10.0 Å². The zero-order valence-electron chi connectivity index (χ0n) is 14.2. The van der Waals surface area contributed by atoms with Crippen molar-refractivity contribution in [2.45, 2.75) is 31.2 Å². The normalized spacial score (nSPS) is 22.5. The van der Waals surface area contributed by atoms with E-state index in [1.807, 2.05) is 23.8 Å². The van der Waals surface area contributed by atoms with Crippen molar-refractivity contribution in [3.8, 4) is 5.75 Å². The topological polar surface area (TPSA) is 64.4 Å². The van der Waals surface area contributed by atoms with Crippen molar-refractivity contribution in [1.29, 1.82) is 0 Å². The Morgan fingerprint density at radius 1 is 1.33 bits per heavy atom. The highest BCUT2D eigenvalue weighted by Gasteiger charge is 2.35. The van der Waals surface area contributed by atoms with Crippen LogP contribution in [0.5, 0.6) is 5.75 Å². The molecule has 1 aliphatic heterocycles. The van der Waals surface area contributed by atoms with E-state index in [4.69, 9.17) is 4.74 Å². The van der Waals surface area contributed by atoms with Gasteiger partial charge in [0.05, 0.1) is 19.5 Å². The van der Waals surface area contributed by atoms with Crippen LogP contribution in [0.3, 0.4) is 0 Å². The summed E-state index contributed by atoms with van der Waals surface area (Å²) in [6, 6.07) is 5.33. The molecule has 0 amide bonds. The first-order chi connectivity index (χ1) is 11.4. The Labute approximate surface area is 143 Å². The van der Waals surface area contributed by atoms with E-state index in [-0.39, 0.29) is 10.9 Å². The Morgan fingerprint density at radius 3 is 2.79 bits per heavy atom. The molecule has 0 spiro atoms. The first-order valence-electron chi connectivity index (χ1n) is 8.05. The molecule has 0 saturated carbocycles. The fraction of sp³-hybridized carbons (Fsp3) is 0.471. The van der Waals surface area contributed by atoms with Gasteiger partial charge in [-0.05, 0) is 37.0 Å². The number of sulfonamides is 1. The fourth-order valence-corrected chi connectivity index (χ4v) is 4.93. The number of piperidine rings is 1. The van der Waals surface area contributed by atoms with Gasteiger partial charge in [-0.1, -0.05) is 13.0 Å². The zero-order chi connectivity index (χ0) is 17.3. The van der Waals surface area contributed by atoms with E-state index in [1.165, 1.54) is 7.11 Å². The van der Waals surface area contributed by atoms with Crippen LogP contribution in [0.25, 0.3) is 0 Å². The quantitative estimate of drug-likeness (QED) is 0.851. The summed E-state index contributed by atoms with van der Waals surface area (Å²) in [7, 11) is -2.10. The van der Waals surface area contributed by atoms with E-state index in [2.05, 4.69) is 11.9 Å². The molecule has 1 aromatic carbocycles. The van der Waals surface area contributed by atoms with E-state index in [0.29, 0.717) is 24.8 Å². The number of aryl methyl sites for hydroxylation is 1. The summed E-state index contributed by atoms with van der Waals surface area (Å²) in [5.74, 6) is 0.781. The molecule has 7 heteroatoms. The van der Waals surface area contributed by atoms with Gasteiger partial charge in [0.2, 0.25) is 10.0 Å². The molecule has 0 unspecified atom stereocenters. The van der Waals surface area contributed by atoms with Gasteiger partial charge in [-0.25, -0.2) is 13.4 Å². The van der Waals surface area contributed by atoms with Gasteiger partial charge < -0.3 is 9.30 Å². The van der Waals surface area contributed by atoms with E-state index in [9.17, 15) is 8.42 Å². The van der Waals surface area contributed by atoms with E-state index >= 15 is 0 Å². The van der Waals surface area contributed by atoms with E-state index in [1.54, 1.807) is 29.0 Å². The number of hydrogen-bond donors (Lipinski definition) is 0. The van der Waals surface area contributed by atoms with E-state index in [0.717, 1.165) is 12.0 Å². The number of hydrogen-bond acceptors (Lipinski definition) is 4. The smallest absolute Gasteiger partial charge is 0.246 e. The number of nitrogens with zero attached hydrogens (tertiary/aromatic N) is 3. The standard InChI is InChI=1S/C17H23N3O3S/c1-13-4-5-16(23-3)17(10-13)24(21,22)20-8-6-14(2)15(11-20)19-9-7-18-12-19/h4-5,7,9-10,12,14-15H,6,8,11H2,1-3H3/t14-,15-/m1/s1. The van der Waals surface area contributed by atoms with Crippen molar-refractivity contribution in [1.82, 2.24) is 13.9 Å². The van der Waals surface area contributed by atoms with Crippen LogP contribution in [0, 0.1) is 12.8 Å². The van der Waals surface area contributed by atoms with Gasteiger partial charge in [0, 0.05) is 25.5 Å². The molecule has 2 heterocycles. The molecule has 3 rings (SSSR count). The molecular weight excluding hydrogens is 326 g/mol. The molecular formula is C17H23N3O3S. The minimum atomic E-state index is -3.60. The Hall–Kier alpha value is -1.86. The monoisotopic (exact) mass is 349 g/mol. The lowest BCUT2D eigenvalue weighted by Gasteiger charge is -2.37. The van der Waals surface area contributed by atoms with Crippen LogP contribution in [-0.4, -0.2) is 42.5 Å². The molecule has 2 aromatic rings. The second-order valence-electron chi connectivity index (χ2n) is 6.36. The van der Waals surface area contributed by atoms with Crippen molar-refractivity contribution in [3.63, 3.8) is 0 Å². The number of ether oxygens (including phenoxy) is 1. The third-order valence-corrected chi connectivity index (χ3v) is 6.61. The lowest BCUT2D eigenvalue weighted by molar-refractivity contribution is 0.200. The molecule has 0 aliphatic carbocycles. The van der Waals surface area contributed by atoms with Crippen LogP contribution in [0.4, 0.5) is 0 Å². The fourth-order valence-electron chi connectivity index (χ4n) is 3.22. The molecule has 6 nitrogen and oxygen atoms in total. The van der Waals surface area contributed by atoms with Gasteiger partial charge in [0.25, 0.3) is 0 Å². The molecule has 1 aromatic heterocycles. The predicted octanol–water partition coefficient (Wildman–Crippen LogP) is 2.47. The summed E-state index contributed by atoms with van der Waals surface area (Å²) in [5.41, 5.74) is 0.894. The Bertz CT molecular complexity index is 802. The Balaban J connectivity index is 1.94. The largest absolute Gasteiger partial charge is 0.495 e. The summed E-state index contributed by atoms with van der Waals surface area (Å²) in [5, 5.41) is 0. The summed E-state index contributed by atoms with van der Waals surface area (Å²) in [6.45, 7) is 5.00. The SMILES string of the molecule is COc1ccc(C)cc1S(=O)(=O)N1CC[C@@H](C)[C@H](n2ccnc2)C1. The maximum atomic E-state index is 13.2. The summed E-state index contributed by atoms with van der Waals surface area (Å²) in [4.78, 5) is 4.33. The first-order valence-corrected chi connectivity index (χ1v) is 9.49. The average Bonchev–Trinajstić information content (AvgIpc) is 3.09. The molecule has 1 fully saturated rings. The molecule has 1 saturated heterocycles.